The number of ether oxygens (including phenoxy) is 24. The minimum absolute atomic E-state index is 0.0251. The maximum absolute atomic E-state index is 12.3. The van der Waals surface area contributed by atoms with Gasteiger partial charge < -0.3 is 129 Å². The minimum Gasteiger partial charge on any atom is -0.449 e. The number of hydrogen-bond acceptors (Lipinski definition) is 27. The Kier molecular flexibility index (Phi) is 59.6. The van der Waals surface area contributed by atoms with Gasteiger partial charge in [-0.2, -0.15) is 0 Å². The first kappa shape index (κ1) is 85.1. The predicted molar refractivity (Wildman–Crippen MR) is 340 cm³/mol. The summed E-state index contributed by atoms with van der Waals surface area (Å²) in [6.45, 7) is 20.9. The first-order valence-electron chi connectivity index (χ1n) is 32.5. The normalized spacial score (nSPS) is 12.3. The average molecular weight is 1380 g/mol. The first-order chi connectivity index (χ1) is 46.5. The third-order valence-corrected chi connectivity index (χ3v) is 13.0. The Balaban J connectivity index is 0.849. The van der Waals surface area contributed by atoms with Crippen LogP contribution in [-0.4, -0.2) is 340 Å². The van der Waals surface area contributed by atoms with E-state index in [1.54, 1.807) is 0 Å². The van der Waals surface area contributed by atoms with Crippen molar-refractivity contribution >= 4 is 13.9 Å². The lowest BCUT2D eigenvalue weighted by atomic mass is 9.98. The van der Waals surface area contributed by atoms with Crippen molar-refractivity contribution < 1.29 is 137 Å². The quantitative estimate of drug-likeness (QED) is 0.0633. The maximum atomic E-state index is 12.3. The van der Waals surface area contributed by atoms with Crippen molar-refractivity contribution in [1.29, 1.82) is 0 Å². The molecule has 3 N–H and O–H groups in total. The molecule has 2 aromatic rings. The molecule has 0 aromatic heterocycles. The number of nitrogens with one attached hydrogen (secondary N) is 1. The summed E-state index contributed by atoms with van der Waals surface area (Å²) in [6.07, 6.45) is -0.461. The molecule has 0 saturated carbocycles. The van der Waals surface area contributed by atoms with Gasteiger partial charge in [0.2, 0.25) is 0 Å². The molecular weight excluding hydrogens is 1270 g/mol. The smallest absolute Gasteiger partial charge is 0.449 e. The second kappa shape index (κ2) is 65.8. The van der Waals surface area contributed by atoms with Crippen molar-refractivity contribution in [2.24, 2.45) is 0 Å². The lowest BCUT2D eigenvalue weighted by Crippen LogP contribution is -2.29. The van der Waals surface area contributed by atoms with Crippen LogP contribution in [0, 0.1) is 0 Å². The third kappa shape index (κ3) is 53.9. The molecule has 2 aromatic carbocycles. The molecule has 0 bridgehead atoms. The van der Waals surface area contributed by atoms with E-state index >= 15 is 0 Å². The summed E-state index contributed by atoms with van der Waals surface area (Å²) in [7, 11) is -4.45. The third-order valence-electron chi connectivity index (χ3n) is 12.5. The van der Waals surface area contributed by atoms with Crippen LogP contribution >= 0.6 is 7.82 Å². The molecule has 1 amide bonds. The molecule has 0 unspecified atom stereocenters. The highest BCUT2D eigenvalue weighted by atomic mass is 31.2. The van der Waals surface area contributed by atoms with Gasteiger partial charge in [-0.05, 0) is 22.3 Å². The summed E-state index contributed by atoms with van der Waals surface area (Å²) >= 11 is 0. The van der Waals surface area contributed by atoms with Gasteiger partial charge >= 0.3 is 13.9 Å². The molecule has 30 nitrogen and oxygen atoms in total. The van der Waals surface area contributed by atoms with Crippen molar-refractivity contribution in [2.75, 3.05) is 324 Å². The number of hydrogen-bond donors (Lipinski definition) is 3. The fraction of sp³-hybridized carbons (Fsp3) is 0.794. The van der Waals surface area contributed by atoms with Crippen LogP contribution in [0.1, 0.15) is 17.0 Å². The Labute approximate surface area is 555 Å². The van der Waals surface area contributed by atoms with Gasteiger partial charge in [-0.25, -0.2) is 9.36 Å². The maximum Gasteiger partial charge on any atom is 0.469 e. The Bertz CT molecular complexity index is 1960. The summed E-state index contributed by atoms with van der Waals surface area (Å²) in [5.41, 5.74) is 4.74. The van der Waals surface area contributed by atoms with E-state index in [0.29, 0.717) is 297 Å². The Morgan fingerprint density at radius 1 is 0.287 bits per heavy atom. The summed E-state index contributed by atoms with van der Waals surface area (Å²) in [4.78, 5) is 29.4. The number of carbonyl (C=O) groups is 1. The second-order valence-electron chi connectivity index (χ2n) is 19.7. The molecular formula is C63H110NO29P. The van der Waals surface area contributed by atoms with Gasteiger partial charge in [0.25, 0.3) is 0 Å². The molecule has 0 heterocycles. The highest BCUT2D eigenvalue weighted by Gasteiger charge is 2.29. The van der Waals surface area contributed by atoms with Gasteiger partial charge in [-0.1, -0.05) is 48.5 Å². The zero-order valence-electron chi connectivity index (χ0n) is 55.2. The molecule has 0 spiro atoms. The Hall–Kier alpha value is -3.10. The SMILES string of the molecule is O=C(NCCOCCOCCOCCOCCOCCOCCOCCOCCOCCOCCOCCOCCOCCOCCOCCOCCOCCOCCOCCOCCOCCOCCOCCOP(=O)(O)O)OCC1c2ccccc2-c2ccccc21. The van der Waals surface area contributed by atoms with Gasteiger partial charge in [0, 0.05) is 12.5 Å². The molecule has 1 aliphatic rings. The Morgan fingerprint density at radius 3 is 0.670 bits per heavy atom. The molecule has 3 rings (SSSR count). The van der Waals surface area contributed by atoms with Crippen molar-refractivity contribution in [3.05, 3.63) is 59.7 Å². The number of alkyl carbamates (subject to hydrolysis) is 1. The number of phosphoric acid groups is 1. The largest absolute Gasteiger partial charge is 0.469 e. The fourth-order valence-corrected chi connectivity index (χ4v) is 8.34. The molecule has 546 valence electrons. The van der Waals surface area contributed by atoms with Crippen LogP contribution in [0.4, 0.5) is 4.79 Å². The van der Waals surface area contributed by atoms with Crippen LogP contribution in [0.5, 0.6) is 0 Å². The number of benzene rings is 2. The van der Waals surface area contributed by atoms with Crippen LogP contribution in [-0.2, 0) is 123 Å². The van der Waals surface area contributed by atoms with E-state index in [1.807, 2.05) is 24.3 Å². The molecule has 1 aliphatic carbocycles. The van der Waals surface area contributed by atoms with Crippen molar-refractivity contribution in [3.63, 3.8) is 0 Å². The zero-order valence-corrected chi connectivity index (χ0v) is 56.1. The number of rotatable bonds is 75. The van der Waals surface area contributed by atoms with Crippen molar-refractivity contribution in [2.45, 2.75) is 5.92 Å². The summed E-state index contributed by atoms with van der Waals surface area (Å²) in [6, 6.07) is 16.5. The molecule has 0 atom stereocenters. The molecule has 0 aliphatic heterocycles. The minimum atomic E-state index is -4.45. The van der Waals surface area contributed by atoms with E-state index in [0.717, 1.165) is 0 Å². The van der Waals surface area contributed by atoms with Crippen LogP contribution in [0.2, 0.25) is 0 Å². The van der Waals surface area contributed by atoms with E-state index in [9.17, 15) is 9.36 Å². The van der Waals surface area contributed by atoms with Gasteiger partial charge in [0.1, 0.15) is 6.61 Å². The highest BCUT2D eigenvalue weighted by molar-refractivity contribution is 7.46. The van der Waals surface area contributed by atoms with Crippen LogP contribution in [0.3, 0.4) is 0 Å². The van der Waals surface area contributed by atoms with E-state index < -0.39 is 13.9 Å². The van der Waals surface area contributed by atoms with Gasteiger partial charge in [0.15, 0.2) is 0 Å². The first-order valence-corrected chi connectivity index (χ1v) is 34.1. The summed E-state index contributed by atoms with van der Waals surface area (Å²) in [5, 5.41) is 2.75. The monoisotopic (exact) mass is 1380 g/mol. The summed E-state index contributed by atoms with van der Waals surface area (Å²) in [5.74, 6) is 0.0251. The highest BCUT2D eigenvalue weighted by Crippen LogP contribution is 2.44. The standard InChI is InChI=1S/C63H110NO29P/c65-63(92-57-62-60-7-3-1-5-58(60)59-6-2-4-8-61(59)62)64-9-10-69-11-12-70-13-14-71-15-16-72-17-18-73-19-20-74-21-22-75-23-24-76-25-26-77-27-28-78-29-30-79-31-32-80-33-34-81-35-36-82-37-38-83-39-40-84-41-42-85-43-44-86-45-46-87-47-48-88-49-50-89-51-52-90-53-54-91-55-56-93-94(66,67)68/h1-8,62H,9-57H2,(H,64,65)(H2,66,67,68). The lowest BCUT2D eigenvalue weighted by molar-refractivity contribution is -0.0319. The number of fused-ring (bicyclic) bond motifs is 3. The topological polar surface area (TPSA) is 317 Å². The zero-order chi connectivity index (χ0) is 66.7. The lowest BCUT2D eigenvalue weighted by Gasteiger charge is -2.14. The van der Waals surface area contributed by atoms with Gasteiger partial charge in [-0.3, -0.25) is 4.52 Å². The average Bonchev–Trinajstić information content (AvgIpc) is 1.62. The molecule has 94 heavy (non-hydrogen) atoms. The van der Waals surface area contributed by atoms with Gasteiger partial charge in [0.05, 0.1) is 311 Å². The van der Waals surface area contributed by atoms with Crippen LogP contribution in [0.25, 0.3) is 11.1 Å². The van der Waals surface area contributed by atoms with E-state index in [2.05, 4.69) is 34.1 Å². The Morgan fingerprint density at radius 2 is 0.468 bits per heavy atom. The van der Waals surface area contributed by atoms with Crippen molar-refractivity contribution in [3.8, 4) is 11.1 Å². The number of phosphoric ester groups is 1. The molecule has 0 radical (unpaired) electrons. The second-order valence-corrected chi connectivity index (χ2v) is 20.9. The number of carbonyl (C=O) groups excluding carboxylic acids is 1. The fourth-order valence-electron chi connectivity index (χ4n) is 8.03. The summed E-state index contributed by atoms with van der Waals surface area (Å²) < 4.78 is 147. The van der Waals surface area contributed by atoms with Crippen LogP contribution in [0.15, 0.2) is 48.5 Å². The molecule has 0 fully saturated rings. The molecule has 31 heteroatoms. The predicted octanol–water partition coefficient (Wildman–Crippen LogP) is 3.02. The van der Waals surface area contributed by atoms with E-state index in [4.69, 9.17) is 123 Å². The van der Waals surface area contributed by atoms with E-state index in [1.165, 1.54) is 22.3 Å². The number of amides is 1. The van der Waals surface area contributed by atoms with Crippen molar-refractivity contribution in [1.82, 2.24) is 5.32 Å². The van der Waals surface area contributed by atoms with E-state index in [-0.39, 0.29) is 32.3 Å². The molecule has 0 saturated heterocycles. The van der Waals surface area contributed by atoms with Crippen LogP contribution < -0.4 is 5.32 Å². The van der Waals surface area contributed by atoms with Gasteiger partial charge in [-0.15, -0.1) is 0 Å².